The van der Waals surface area contributed by atoms with Gasteiger partial charge in [-0.2, -0.15) is 0 Å². The molecule has 0 aromatic heterocycles. The van der Waals surface area contributed by atoms with Gasteiger partial charge in [0.1, 0.15) is 5.82 Å². The molecule has 0 spiro atoms. The summed E-state index contributed by atoms with van der Waals surface area (Å²) in [5.41, 5.74) is 4.53. The van der Waals surface area contributed by atoms with Gasteiger partial charge in [0.15, 0.2) is 0 Å². The Kier molecular flexibility index (Phi) is 4.37. The molecule has 0 saturated carbocycles. The lowest BCUT2D eigenvalue weighted by atomic mass is 9.80. The molecule has 0 radical (unpaired) electrons. The van der Waals surface area contributed by atoms with Gasteiger partial charge < -0.3 is 0 Å². The maximum atomic E-state index is 13.6. The normalized spacial score (nSPS) is 19.1. The van der Waals surface area contributed by atoms with Crippen molar-refractivity contribution >= 4 is 27.5 Å². The molecule has 0 aliphatic heterocycles. The lowest BCUT2D eigenvalue weighted by Crippen LogP contribution is -2.18. The minimum absolute atomic E-state index is 0.164. The highest BCUT2D eigenvalue weighted by Crippen LogP contribution is 2.42. The summed E-state index contributed by atoms with van der Waals surface area (Å²) in [6.45, 7) is 1.78. The van der Waals surface area contributed by atoms with Crippen molar-refractivity contribution in [3.8, 4) is 0 Å². The van der Waals surface area contributed by atoms with Crippen molar-refractivity contribution in [1.82, 2.24) is 0 Å². The first-order chi connectivity index (χ1) is 10.1. The van der Waals surface area contributed by atoms with Crippen molar-refractivity contribution < 1.29 is 4.39 Å². The standard InChI is InChI=1S/C18H17BrClF/c1-11-8-15(16(20)10-17(11)21)18(19)14-7-6-12-4-2-3-5-13(12)9-14/h2-5,8,10,14,18H,6-7,9H2,1H3. The molecule has 0 fully saturated rings. The van der Waals surface area contributed by atoms with E-state index in [2.05, 4.69) is 40.2 Å². The number of aryl methyl sites for hydroxylation is 2. The van der Waals surface area contributed by atoms with Crippen molar-refractivity contribution in [2.24, 2.45) is 5.92 Å². The van der Waals surface area contributed by atoms with Gasteiger partial charge in [-0.25, -0.2) is 4.39 Å². The number of halogens is 3. The molecule has 1 aliphatic rings. The van der Waals surface area contributed by atoms with E-state index in [1.165, 1.54) is 17.2 Å². The number of hydrogen-bond donors (Lipinski definition) is 0. The van der Waals surface area contributed by atoms with Gasteiger partial charge >= 0.3 is 0 Å². The maximum absolute atomic E-state index is 13.6. The monoisotopic (exact) mass is 366 g/mol. The van der Waals surface area contributed by atoms with Gasteiger partial charge in [-0.15, -0.1) is 0 Å². The number of rotatable bonds is 2. The molecule has 1 aliphatic carbocycles. The first kappa shape index (κ1) is 15.1. The van der Waals surface area contributed by atoms with Crippen molar-refractivity contribution in [3.63, 3.8) is 0 Å². The molecule has 2 aromatic rings. The predicted octanol–water partition coefficient (Wildman–Crippen LogP) is 6.03. The third-order valence-electron chi connectivity index (χ3n) is 4.37. The van der Waals surface area contributed by atoms with Crippen LogP contribution >= 0.6 is 27.5 Å². The summed E-state index contributed by atoms with van der Waals surface area (Å²) in [7, 11) is 0. The molecule has 2 aromatic carbocycles. The lowest BCUT2D eigenvalue weighted by Gasteiger charge is -2.29. The molecule has 2 atom stereocenters. The van der Waals surface area contributed by atoms with E-state index in [1.807, 2.05) is 6.07 Å². The van der Waals surface area contributed by atoms with E-state index in [0.29, 0.717) is 16.5 Å². The van der Waals surface area contributed by atoms with E-state index in [9.17, 15) is 4.39 Å². The number of hydrogen-bond acceptors (Lipinski definition) is 0. The molecule has 110 valence electrons. The topological polar surface area (TPSA) is 0 Å². The Labute approximate surface area is 138 Å². The van der Waals surface area contributed by atoms with Crippen LogP contribution in [-0.4, -0.2) is 0 Å². The minimum Gasteiger partial charge on any atom is -0.207 e. The lowest BCUT2D eigenvalue weighted by molar-refractivity contribution is 0.452. The molecule has 3 heteroatoms. The predicted molar refractivity (Wildman–Crippen MR) is 89.8 cm³/mol. The fourth-order valence-electron chi connectivity index (χ4n) is 3.12. The quantitative estimate of drug-likeness (QED) is 0.569. The van der Waals surface area contributed by atoms with Crippen LogP contribution in [-0.2, 0) is 12.8 Å². The fraction of sp³-hybridized carbons (Fsp3) is 0.333. The summed E-state index contributed by atoms with van der Waals surface area (Å²) in [6, 6.07) is 11.9. The van der Waals surface area contributed by atoms with E-state index < -0.39 is 0 Å². The smallest absolute Gasteiger partial charge is 0.127 e. The van der Waals surface area contributed by atoms with Crippen molar-refractivity contribution in [2.75, 3.05) is 0 Å². The second-order valence-electron chi connectivity index (χ2n) is 5.80. The maximum Gasteiger partial charge on any atom is 0.127 e. The van der Waals surface area contributed by atoms with Crippen molar-refractivity contribution in [1.29, 1.82) is 0 Å². The van der Waals surface area contributed by atoms with Gasteiger partial charge in [-0.05, 0) is 60.4 Å². The molecule has 0 amide bonds. The van der Waals surface area contributed by atoms with Crippen LogP contribution in [0.1, 0.15) is 33.5 Å². The van der Waals surface area contributed by atoms with E-state index in [1.54, 1.807) is 6.92 Å². The summed E-state index contributed by atoms with van der Waals surface area (Å²) < 4.78 is 13.6. The Balaban J connectivity index is 1.87. The van der Waals surface area contributed by atoms with E-state index in [0.717, 1.165) is 24.8 Å². The van der Waals surface area contributed by atoms with Gasteiger partial charge in [0.2, 0.25) is 0 Å². The van der Waals surface area contributed by atoms with Crippen LogP contribution in [0.5, 0.6) is 0 Å². The third kappa shape index (κ3) is 3.02. The highest BCUT2D eigenvalue weighted by molar-refractivity contribution is 9.09. The largest absolute Gasteiger partial charge is 0.207 e. The summed E-state index contributed by atoms with van der Waals surface area (Å²) in [4.78, 5) is 0.164. The minimum atomic E-state index is -0.238. The molecule has 0 N–H and O–H groups in total. The summed E-state index contributed by atoms with van der Waals surface area (Å²) in [5.74, 6) is 0.250. The molecule has 0 saturated heterocycles. The third-order valence-corrected chi connectivity index (χ3v) is 5.94. The van der Waals surface area contributed by atoms with E-state index >= 15 is 0 Å². The average Bonchev–Trinajstić information content (AvgIpc) is 2.50. The molecular formula is C18H17BrClF. The first-order valence-electron chi connectivity index (χ1n) is 7.22. The SMILES string of the molecule is Cc1cc(C(Br)C2CCc3ccccc3C2)c(Cl)cc1F. The Morgan fingerprint density at radius 3 is 2.71 bits per heavy atom. The molecule has 21 heavy (non-hydrogen) atoms. The van der Waals surface area contributed by atoms with Gasteiger partial charge in [-0.3, -0.25) is 0 Å². The zero-order valence-corrected chi connectivity index (χ0v) is 14.2. The fourth-order valence-corrected chi connectivity index (χ4v) is 4.35. The average molecular weight is 368 g/mol. The van der Waals surface area contributed by atoms with E-state index in [4.69, 9.17) is 11.6 Å². The zero-order chi connectivity index (χ0) is 15.0. The number of fused-ring (bicyclic) bond motifs is 1. The Morgan fingerprint density at radius 2 is 1.95 bits per heavy atom. The molecule has 0 bridgehead atoms. The zero-order valence-electron chi connectivity index (χ0n) is 11.9. The number of benzene rings is 2. The van der Waals surface area contributed by atoms with Crippen LogP contribution in [0.4, 0.5) is 4.39 Å². The van der Waals surface area contributed by atoms with Gasteiger partial charge in [0.05, 0.1) is 0 Å². The molecule has 3 rings (SSSR count). The summed E-state index contributed by atoms with van der Waals surface area (Å²) in [5, 5.41) is 0.513. The second kappa shape index (κ2) is 6.10. The van der Waals surface area contributed by atoms with Crippen LogP contribution in [0.2, 0.25) is 5.02 Å². The molecule has 0 nitrogen and oxygen atoms in total. The highest BCUT2D eigenvalue weighted by atomic mass is 79.9. The van der Waals surface area contributed by atoms with E-state index in [-0.39, 0.29) is 10.6 Å². The van der Waals surface area contributed by atoms with Crippen molar-refractivity contribution in [2.45, 2.75) is 31.0 Å². The Hall–Kier alpha value is -0.860. The van der Waals surface area contributed by atoms with Crippen molar-refractivity contribution in [3.05, 3.63) is 69.5 Å². The van der Waals surface area contributed by atoms with Crippen LogP contribution < -0.4 is 0 Å². The second-order valence-corrected chi connectivity index (χ2v) is 7.19. The Morgan fingerprint density at radius 1 is 1.24 bits per heavy atom. The van der Waals surface area contributed by atoms with Gasteiger partial charge in [0.25, 0.3) is 0 Å². The van der Waals surface area contributed by atoms with Gasteiger partial charge in [0, 0.05) is 9.85 Å². The summed E-state index contributed by atoms with van der Waals surface area (Å²) in [6.07, 6.45) is 3.26. The van der Waals surface area contributed by atoms with Crippen LogP contribution in [0, 0.1) is 18.7 Å². The first-order valence-corrected chi connectivity index (χ1v) is 8.52. The summed E-state index contributed by atoms with van der Waals surface area (Å²) >= 11 is 10.0. The number of alkyl halides is 1. The van der Waals surface area contributed by atoms with Crippen LogP contribution in [0.25, 0.3) is 0 Å². The van der Waals surface area contributed by atoms with Gasteiger partial charge in [-0.1, -0.05) is 57.9 Å². The molecule has 2 unspecified atom stereocenters. The van der Waals surface area contributed by atoms with Crippen LogP contribution in [0.15, 0.2) is 36.4 Å². The van der Waals surface area contributed by atoms with Crippen LogP contribution in [0.3, 0.4) is 0 Å². The molecule has 0 heterocycles. The highest BCUT2D eigenvalue weighted by Gasteiger charge is 2.27. The Bertz CT molecular complexity index is 668. The molecular weight excluding hydrogens is 351 g/mol.